The highest BCUT2D eigenvalue weighted by Crippen LogP contribution is 2.19. The van der Waals surface area contributed by atoms with Crippen LogP contribution in [0.2, 0.25) is 0 Å². The van der Waals surface area contributed by atoms with Crippen LogP contribution in [0.3, 0.4) is 0 Å². The quantitative estimate of drug-likeness (QED) is 0.641. The first-order chi connectivity index (χ1) is 7.25. The molecule has 3 N–H and O–H groups in total. The number of nitrogens with two attached hydrogens (primary N) is 1. The number of nitrogens with one attached hydrogen (secondary N) is 1. The third-order valence-electron chi connectivity index (χ3n) is 2.15. The van der Waals surface area contributed by atoms with Crippen LogP contribution in [0.4, 0.5) is 5.82 Å². The first-order valence-electron chi connectivity index (χ1n) is 4.75. The lowest BCUT2D eigenvalue weighted by Gasteiger charge is -1.97. The maximum atomic E-state index is 10.5. The number of hydrogen-bond donors (Lipinski definition) is 2. The lowest BCUT2D eigenvalue weighted by Crippen LogP contribution is -2.08. The Kier molecular flexibility index (Phi) is 2.55. The van der Waals surface area contributed by atoms with E-state index < -0.39 is 5.91 Å². The maximum Gasteiger partial charge on any atom is 0.229 e. The van der Waals surface area contributed by atoms with Crippen molar-refractivity contribution in [3.8, 4) is 11.8 Å². The van der Waals surface area contributed by atoms with Crippen LogP contribution in [0.15, 0.2) is 12.3 Å². The Morgan fingerprint density at radius 3 is 3.33 bits per heavy atom. The van der Waals surface area contributed by atoms with Gasteiger partial charge in [-0.1, -0.05) is 11.8 Å². The van der Waals surface area contributed by atoms with Crippen molar-refractivity contribution in [3.05, 3.63) is 23.4 Å². The minimum absolute atomic E-state index is 0.0926. The molecule has 4 nitrogen and oxygen atoms in total. The van der Waals surface area contributed by atoms with E-state index >= 15 is 0 Å². The van der Waals surface area contributed by atoms with E-state index in [1.807, 2.05) is 6.07 Å². The van der Waals surface area contributed by atoms with Gasteiger partial charge < -0.3 is 11.1 Å². The van der Waals surface area contributed by atoms with Crippen LogP contribution in [0.5, 0.6) is 0 Å². The number of primary amides is 1. The zero-order valence-electron chi connectivity index (χ0n) is 8.21. The summed E-state index contributed by atoms with van der Waals surface area (Å²) in [6.45, 7) is 0.931. The summed E-state index contributed by atoms with van der Waals surface area (Å²) < 4.78 is 0. The van der Waals surface area contributed by atoms with Crippen molar-refractivity contribution >= 4 is 11.7 Å². The van der Waals surface area contributed by atoms with E-state index in [1.54, 1.807) is 6.20 Å². The molecule has 0 atom stereocenters. The lowest BCUT2D eigenvalue weighted by atomic mass is 10.1. The van der Waals surface area contributed by atoms with Crippen LogP contribution >= 0.6 is 0 Å². The molecule has 0 spiro atoms. The van der Waals surface area contributed by atoms with Gasteiger partial charge in [-0.05, 0) is 18.1 Å². The van der Waals surface area contributed by atoms with Gasteiger partial charge in [-0.15, -0.1) is 0 Å². The Bertz CT molecular complexity index is 457. The van der Waals surface area contributed by atoms with E-state index in [1.165, 1.54) is 5.56 Å². The van der Waals surface area contributed by atoms with Crippen molar-refractivity contribution in [2.45, 2.75) is 12.8 Å². The van der Waals surface area contributed by atoms with Gasteiger partial charge in [0, 0.05) is 18.3 Å². The van der Waals surface area contributed by atoms with Gasteiger partial charge in [-0.3, -0.25) is 4.79 Å². The molecule has 0 saturated carbocycles. The highest BCUT2D eigenvalue weighted by Gasteiger charge is 2.10. The number of fused-ring (bicyclic) bond motifs is 1. The highest BCUT2D eigenvalue weighted by molar-refractivity contribution is 5.76. The summed E-state index contributed by atoms with van der Waals surface area (Å²) in [6, 6.07) is 2.00. The predicted molar refractivity (Wildman–Crippen MR) is 57.1 cm³/mol. The molecule has 76 valence electrons. The fourth-order valence-corrected chi connectivity index (χ4v) is 1.48. The monoisotopic (exact) mass is 201 g/mol. The second kappa shape index (κ2) is 4.01. The zero-order chi connectivity index (χ0) is 10.7. The predicted octanol–water partition coefficient (Wildman–Crippen LogP) is 0.276. The molecule has 0 bridgehead atoms. The fraction of sp³-hybridized carbons (Fsp3) is 0.273. The largest absolute Gasteiger partial charge is 0.370 e. The van der Waals surface area contributed by atoms with Crippen molar-refractivity contribution < 1.29 is 4.79 Å². The first-order valence-corrected chi connectivity index (χ1v) is 4.75. The minimum Gasteiger partial charge on any atom is -0.370 e. The Morgan fingerprint density at radius 1 is 1.67 bits per heavy atom. The normalized spacial score (nSPS) is 12.3. The van der Waals surface area contributed by atoms with Gasteiger partial charge >= 0.3 is 0 Å². The number of amides is 1. The van der Waals surface area contributed by atoms with Gasteiger partial charge in [0.15, 0.2) is 0 Å². The van der Waals surface area contributed by atoms with E-state index in [0.717, 1.165) is 24.3 Å². The lowest BCUT2D eigenvalue weighted by molar-refractivity contribution is -0.117. The van der Waals surface area contributed by atoms with E-state index in [0.29, 0.717) is 0 Å². The standard InChI is InChI=1S/C11H11N3O/c12-10(15)3-1-2-8-6-9-4-5-13-11(9)14-7-8/h6-7H,3-5H2,(H2,12,15)(H,13,14). The maximum absolute atomic E-state index is 10.5. The van der Waals surface area contributed by atoms with Crippen LogP contribution in [-0.4, -0.2) is 17.4 Å². The van der Waals surface area contributed by atoms with Crippen LogP contribution in [-0.2, 0) is 11.2 Å². The molecule has 1 amide bonds. The Labute approximate surface area is 87.9 Å². The Hall–Kier alpha value is -2.02. The van der Waals surface area contributed by atoms with Crippen LogP contribution < -0.4 is 11.1 Å². The third-order valence-corrected chi connectivity index (χ3v) is 2.15. The summed E-state index contributed by atoms with van der Waals surface area (Å²) in [6.07, 6.45) is 2.77. The molecule has 0 radical (unpaired) electrons. The molecule has 2 rings (SSSR count). The van der Waals surface area contributed by atoms with Gasteiger partial charge in [0.1, 0.15) is 5.82 Å². The van der Waals surface area contributed by atoms with Gasteiger partial charge in [0.05, 0.1) is 6.42 Å². The van der Waals surface area contributed by atoms with Crippen LogP contribution in [0, 0.1) is 11.8 Å². The van der Waals surface area contributed by atoms with Gasteiger partial charge in [-0.2, -0.15) is 0 Å². The van der Waals surface area contributed by atoms with Crippen molar-refractivity contribution in [3.63, 3.8) is 0 Å². The average molecular weight is 201 g/mol. The summed E-state index contributed by atoms with van der Waals surface area (Å²) in [5.74, 6) is 6.11. The first kappa shape index (κ1) is 9.53. The average Bonchev–Trinajstić information content (AvgIpc) is 2.64. The van der Waals surface area contributed by atoms with E-state index in [4.69, 9.17) is 5.73 Å². The van der Waals surface area contributed by atoms with E-state index in [2.05, 4.69) is 22.1 Å². The van der Waals surface area contributed by atoms with Gasteiger partial charge in [-0.25, -0.2) is 4.98 Å². The Balaban J connectivity index is 2.15. The van der Waals surface area contributed by atoms with Crippen molar-refractivity contribution in [1.82, 2.24) is 4.98 Å². The molecule has 1 aromatic heterocycles. The van der Waals surface area contributed by atoms with Crippen molar-refractivity contribution in [2.24, 2.45) is 5.73 Å². The topological polar surface area (TPSA) is 68.0 Å². The molecule has 0 unspecified atom stereocenters. The molecule has 2 heterocycles. The summed E-state index contributed by atoms with van der Waals surface area (Å²) >= 11 is 0. The molecule has 0 saturated heterocycles. The number of carbonyl (C=O) groups excluding carboxylic acids is 1. The number of rotatable bonds is 1. The molecule has 15 heavy (non-hydrogen) atoms. The number of hydrogen-bond acceptors (Lipinski definition) is 3. The summed E-state index contributed by atoms with van der Waals surface area (Å²) in [4.78, 5) is 14.7. The number of anilines is 1. The summed E-state index contributed by atoms with van der Waals surface area (Å²) in [7, 11) is 0. The van der Waals surface area contributed by atoms with Crippen LogP contribution in [0.25, 0.3) is 0 Å². The molecular formula is C11H11N3O. The van der Waals surface area contributed by atoms with Crippen molar-refractivity contribution in [2.75, 3.05) is 11.9 Å². The van der Waals surface area contributed by atoms with Gasteiger partial charge in [0.25, 0.3) is 0 Å². The third kappa shape index (κ3) is 2.26. The minimum atomic E-state index is -0.404. The molecule has 0 aromatic carbocycles. The number of pyridine rings is 1. The number of carbonyl (C=O) groups is 1. The molecule has 4 heteroatoms. The zero-order valence-corrected chi connectivity index (χ0v) is 8.21. The van der Waals surface area contributed by atoms with Crippen molar-refractivity contribution in [1.29, 1.82) is 0 Å². The summed E-state index contributed by atoms with van der Waals surface area (Å²) in [5.41, 5.74) is 6.99. The molecular weight excluding hydrogens is 190 g/mol. The molecule has 0 fully saturated rings. The molecule has 1 aliphatic heterocycles. The second-order valence-corrected chi connectivity index (χ2v) is 3.35. The molecule has 0 aliphatic carbocycles. The number of aromatic nitrogens is 1. The SMILES string of the molecule is NC(=O)CC#Cc1cnc2c(c1)CCN2. The molecule has 1 aromatic rings. The highest BCUT2D eigenvalue weighted by atomic mass is 16.1. The van der Waals surface area contributed by atoms with E-state index in [-0.39, 0.29) is 6.42 Å². The number of nitrogens with zero attached hydrogens (tertiary/aromatic N) is 1. The smallest absolute Gasteiger partial charge is 0.229 e. The fourth-order valence-electron chi connectivity index (χ4n) is 1.48. The van der Waals surface area contributed by atoms with E-state index in [9.17, 15) is 4.79 Å². The molecule has 1 aliphatic rings. The summed E-state index contributed by atoms with van der Waals surface area (Å²) in [5, 5.41) is 3.17. The Morgan fingerprint density at radius 2 is 2.53 bits per heavy atom. The second-order valence-electron chi connectivity index (χ2n) is 3.35. The van der Waals surface area contributed by atoms with Crippen LogP contribution in [0.1, 0.15) is 17.5 Å². The van der Waals surface area contributed by atoms with Gasteiger partial charge in [0.2, 0.25) is 5.91 Å².